The Morgan fingerprint density at radius 3 is 2.88 bits per heavy atom. The van der Waals surface area contributed by atoms with Crippen LogP contribution in [0.5, 0.6) is 5.75 Å². The van der Waals surface area contributed by atoms with Gasteiger partial charge in [-0.25, -0.2) is 0 Å². The minimum absolute atomic E-state index is 0.651. The van der Waals surface area contributed by atoms with E-state index in [4.69, 9.17) is 10.5 Å². The van der Waals surface area contributed by atoms with Gasteiger partial charge < -0.3 is 15.8 Å². The van der Waals surface area contributed by atoms with Gasteiger partial charge in [-0.05, 0) is 30.1 Å². The van der Waals surface area contributed by atoms with Crippen molar-refractivity contribution < 1.29 is 4.74 Å². The molecule has 0 saturated carbocycles. The van der Waals surface area contributed by atoms with E-state index in [2.05, 4.69) is 18.5 Å². The third-order valence-corrected chi connectivity index (χ3v) is 3.24. The van der Waals surface area contributed by atoms with Crippen LogP contribution in [0.4, 0.5) is 11.4 Å². The van der Waals surface area contributed by atoms with Gasteiger partial charge in [-0.1, -0.05) is 6.92 Å². The van der Waals surface area contributed by atoms with Crippen LogP contribution in [0.2, 0.25) is 0 Å². The van der Waals surface area contributed by atoms with E-state index in [0.29, 0.717) is 11.6 Å². The molecule has 4 heteroatoms. The van der Waals surface area contributed by atoms with Crippen molar-refractivity contribution in [2.45, 2.75) is 6.92 Å². The molecule has 0 amide bonds. The molecule has 16 heavy (non-hydrogen) atoms. The Hall–Kier alpha value is -1.03. The van der Waals surface area contributed by atoms with Crippen LogP contribution < -0.4 is 15.8 Å². The SMILES string of the molecule is COc1cc(NCC(C)CSC)ccc1N. The fourth-order valence-electron chi connectivity index (χ4n) is 1.46. The van der Waals surface area contributed by atoms with Crippen molar-refractivity contribution in [3.05, 3.63) is 18.2 Å². The van der Waals surface area contributed by atoms with Crippen LogP contribution in [0.1, 0.15) is 6.92 Å². The lowest BCUT2D eigenvalue weighted by atomic mass is 10.2. The number of nitrogens with one attached hydrogen (secondary N) is 1. The van der Waals surface area contributed by atoms with Gasteiger partial charge in [-0.15, -0.1) is 0 Å². The van der Waals surface area contributed by atoms with Gasteiger partial charge in [0.2, 0.25) is 0 Å². The zero-order valence-corrected chi connectivity index (χ0v) is 10.9. The van der Waals surface area contributed by atoms with Crippen LogP contribution in [0.3, 0.4) is 0 Å². The highest BCUT2D eigenvalue weighted by molar-refractivity contribution is 7.98. The number of benzene rings is 1. The molecule has 0 radical (unpaired) electrons. The summed E-state index contributed by atoms with van der Waals surface area (Å²) in [6.45, 7) is 3.20. The Morgan fingerprint density at radius 1 is 1.50 bits per heavy atom. The average molecular weight is 240 g/mol. The fraction of sp³-hybridized carbons (Fsp3) is 0.500. The highest BCUT2D eigenvalue weighted by atomic mass is 32.2. The molecule has 90 valence electrons. The fourth-order valence-corrected chi connectivity index (χ4v) is 2.14. The van der Waals surface area contributed by atoms with Crippen molar-refractivity contribution in [1.82, 2.24) is 0 Å². The lowest BCUT2D eigenvalue weighted by molar-refractivity contribution is 0.417. The third kappa shape index (κ3) is 3.85. The van der Waals surface area contributed by atoms with Gasteiger partial charge in [0.05, 0.1) is 12.8 Å². The molecule has 0 bridgehead atoms. The van der Waals surface area contributed by atoms with Crippen LogP contribution in [0, 0.1) is 5.92 Å². The van der Waals surface area contributed by atoms with Crippen molar-refractivity contribution in [3.63, 3.8) is 0 Å². The minimum atomic E-state index is 0.651. The number of methoxy groups -OCH3 is 1. The molecule has 3 N–H and O–H groups in total. The molecule has 1 aromatic carbocycles. The maximum atomic E-state index is 5.75. The summed E-state index contributed by atoms with van der Waals surface area (Å²) >= 11 is 1.87. The second-order valence-corrected chi connectivity index (χ2v) is 4.81. The number of rotatable bonds is 6. The summed E-state index contributed by atoms with van der Waals surface area (Å²) < 4.78 is 5.17. The van der Waals surface area contributed by atoms with Crippen LogP contribution in [-0.2, 0) is 0 Å². The first-order valence-electron chi connectivity index (χ1n) is 5.33. The van der Waals surface area contributed by atoms with Crippen LogP contribution in [-0.4, -0.2) is 25.7 Å². The zero-order chi connectivity index (χ0) is 12.0. The molecule has 1 atom stereocenters. The summed E-state index contributed by atoms with van der Waals surface area (Å²) in [6, 6.07) is 5.77. The Labute approximate surface area is 102 Å². The number of hydrogen-bond acceptors (Lipinski definition) is 4. The van der Waals surface area contributed by atoms with Crippen molar-refractivity contribution in [1.29, 1.82) is 0 Å². The van der Waals surface area contributed by atoms with Gasteiger partial charge in [0.1, 0.15) is 5.75 Å². The molecule has 0 spiro atoms. The summed E-state index contributed by atoms with van der Waals surface area (Å²) in [7, 11) is 1.63. The molecule has 0 aliphatic heterocycles. The Balaban J connectivity index is 2.54. The standard InChI is InChI=1S/C12H20N2OS/c1-9(8-16-3)7-14-10-4-5-11(13)12(6-10)15-2/h4-6,9,14H,7-8,13H2,1-3H3. The molecule has 0 fully saturated rings. The summed E-state index contributed by atoms with van der Waals surface area (Å²) in [5.41, 5.74) is 7.47. The van der Waals surface area contributed by atoms with Gasteiger partial charge >= 0.3 is 0 Å². The molecule has 1 rings (SSSR count). The average Bonchev–Trinajstić information content (AvgIpc) is 2.28. The second kappa shape index (κ2) is 6.53. The van der Waals surface area contributed by atoms with E-state index in [1.807, 2.05) is 30.0 Å². The van der Waals surface area contributed by atoms with E-state index >= 15 is 0 Å². The molecular formula is C12H20N2OS. The van der Waals surface area contributed by atoms with E-state index in [0.717, 1.165) is 18.0 Å². The van der Waals surface area contributed by atoms with Crippen molar-refractivity contribution in [2.24, 2.45) is 5.92 Å². The molecule has 0 aromatic heterocycles. The lowest BCUT2D eigenvalue weighted by Crippen LogP contribution is -2.13. The second-order valence-electron chi connectivity index (χ2n) is 3.90. The smallest absolute Gasteiger partial charge is 0.143 e. The van der Waals surface area contributed by atoms with Gasteiger partial charge in [0, 0.05) is 18.3 Å². The number of anilines is 2. The molecule has 0 aliphatic carbocycles. The normalized spacial score (nSPS) is 12.2. The van der Waals surface area contributed by atoms with Crippen LogP contribution >= 0.6 is 11.8 Å². The molecule has 1 aromatic rings. The summed E-state index contributed by atoms with van der Waals surface area (Å²) in [5, 5.41) is 3.38. The molecule has 3 nitrogen and oxygen atoms in total. The molecule has 0 saturated heterocycles. The van der Waals surface area contributed by atoms with E-state index in [9.17, 15) is 0 Å². The highest BCUT2D eigenvalue weighted by Crippen LogP contribution is 2.25. The maximum absolute atomic E-state index is 5.75. The van der Waals surface area contributed by atoms with Crippen molar-refractivity contribution >= 4 is 23.1 Å². The van der Waals surface area contributed by atoms with Crippen molar-refractivity contribution in [2.75, 3.05) is 36.7 Å². The highest BCUT2D eigenvalue weighted by Gasteiger charge is 2.03. The topological polar surface area (TPSA) is 47.3 Å². The Kier molecular flexibility index (Phi) is 5.32. The first-order chi connectivity index (χ1) is 7.67. The summed E-state index contributed by atoms with van der Waals surface area (Å²) in [5.74, 6) is 2.54. The number of thioether (sulfide) groups is 1. The third-order valence-electron chi connectivity index (χ3n) is 2.34. The largest absolute Gasteiger partial charge is 0.495 e. The van der Waals surface area contributed by atoms with Crippen molar-refractivity contribution in [3.8, 4) is 5.75 Å². The Bertz CT molecular complexity index is 331. The maximum Gasteiger partial charge on any atom is 0.143 e. The van der Waals surface area contributed by atoms with E-state index in [1.165, 1.54) is 5.75 Å². The molecule has 0 heterocycles. The Morgan fingerprint density at radius 2 is 2.25 bits per heavy atom. The number of ether oxygens (including phenoxy) is 1. The molecule has 0 aliphatic rings. The number of nitrogens with two attached hydrogens (primary N) is 1. The predicted octanol–water partition coefficient (Wildman–Crippen LogP) is 2.69. The van der Waals surface area contributed by atoms with E-state index in [1.54, 1.807) is 7.11 Å². The van der Waals surface area contributed by atoms with Crippen LogP contribution in [0.15, 0.2) is 18.2 Å². The van der Waals surface area contributed by atoms with Crippen LogP contribution in [0.25, 0.3) is 0 Å². The summed E-state index contributed by atoms with van der Waals surface area (Å²) in [4.78, 5) is 0. The van der Waals surface area contributed by atoms with Gasteiger partial charge in [0.25, 0.3) is 0 Å². The van der Waals surface area contributed by atoms with E-state index < -0.39 is 0 Å². The van der Waals surface area contributed by atoms with Gasteiger partial charge in [-0.2, -0.15) is 11.8 Å². The predicted molar refractivity (Wildman–Crippen MR) is 73.4 cm³/mol. The van der Waals surface area contributed by atoms with Gasteiger partial charge in [-0.3, -0.25) is 0 Å². The number of hydrogen-bond donors (Lipinski definition) is 2. The van der Waals surface area contributed by atoms with Gasteiger partial charge in [0.15, 0.2) is 0 Å². The quantitative estimate of drug-likeness (QED) is 0.751. The minimum Gasteiger partial charge on any atom is -0.495 e. The monoisotopic (exact) mass is 240 g/mol. The molecular weight excluding hydrogens is 220 g/mol. The lowest BCUT2D eigenvalue weighted by Gasteiger charge is -2.13. The zero-order valence-electron chi connectivity index (χ0n) is 10.1. The van der Waals surface area contributed by atoms with E-state index in [-0.39, 0.29) is 0 Å². The summed E-state index contributed by atoms with van der Waals surface area (Å²) in [6.07, 6.45) is 2.13. The first kappa shape index (κ1) is 13.0. The number of nitrogen functional groups attached to an aromatic ring is 1. The first-order valence-corrected chi connectivity index (χ1v) is 6.73. The molecule has 1 unspecified atom stereocenters.